The van der Waals surface area contributed by atoms with Crippen LogP contribution in [0.15, 0.2) is 24.0 Å². The van der Waals surface area contributed by atoms with Crippen molar-refractivity contribution in [3.05, 3.63) is 24.0 Å². The number of ether oxygens (including phenoxy) is 1. The molecule has 1 saturated carbocycles. The lowest BCUT2D eigenvalue weighted by molar-refractivity contribution is 0.123. The van der Waals surface area contributed by atoms with Gasteiger partial charge in [0.2, 0.25) is 0 Å². The second-order valence-corrected chi connectivity index (χ2v) is 3.72. The van der Waals surface area contributed by atoms with Gasteiger partial charge >= 0.3 is 0 Å². The van der Waals surface area contributed by atoms with Gasteiger partial charge < -0.3 is 4.74 Å². The third kappa shape index (κ3) is 0.961. The number of methoxy groups -OCH3 is 1. The molecular weight excluding hydrogens is 176 g/mol. The zero-order chi connectivity index (χ0) is 10.2. The van der Waals surface area contributed by atoms with Gasteiger partial charge in [-0.3, -0.25) is 0 Å². The maximum Gasteiger partial charge on any atom is 0.115 e. The van der Waals surface area contributed by atoms with Crippen LogP contribution in [0.1, 0.15) is 6.42 Å². The molecule has 0 aromatic heterocycles. The third-order valence-corrected chi connectivity index (χ3v) is 3.08. The molecule has 3 atom stereocenters. The van der Waals surface area contributed by atoms with Crippen molar-refractivity contribution in [3.8, 4) is 12.1 Å². The normalized spacial score (nSPS) is 38.4. The van der Waals surface area contributed by atoms with E-state index in [1.165, 1.54) is 0 Å². The average molecular weight is 186 g/mol. The Kier molecular flexibility index (Phi) is 1.82. The number of allylic oxidation sites excluding steroid dienone is 3. The van der Waals surface area contributed by atoms with Crippen molar-refractivity contribution in [1.82, 2.24) is 0 Å². The fourth-order valence-corrected chi connectivity index (χ4v) is 2.15. The van der Waals surface area contributed by atoms with Gasteiger partial charge in [0.05, 0.1) is 30.6 Å². The van der Waals surface area contributed by atoms with E-state index in [-0.39, 0.29) is 11.8 Å². The summed E-state index contributed by atoms with van der Waals surface area (Å²) in [6.07, 6.45) is 6.22. The van der Waals surface area contributed by atoms with E-state index < -0.39 is 5.41 Å². The number of rotatable bonds is 1. The maximum absolute atomic E-state index is 9.06. The summed E-state index contributed by atoms with van der Waals surface area (Å²) in [7, 11) is 1.59. The van der Waals surface area contributed by atoms with Crippen LogP contribution in [0.25, 0.3) is 0 Å². The van der Waals surface area contributed by atoms with Crippen molar-refractivity contribution in [2.75, 3.05) is 7.11 Å². The first-order valence-electron chi connectivity index (χ1n) is 4.51. The lowest BCUT2D eigenvalue weighted by atomic mass is 9.53. The van der Waals surface area contributed by atoms with Crippen molar-refractivity contribution in [1.29, 1.82) is 10.5 Å². The van der Waals surface area contributed by atoms with Gasteiger partial charge in [0, 0.05) is 5.92 Å². The van der Waals surface area contributed by atoms with Crippen LogP contribution in [0, 0.1) is 39.9 Å². The molecule has 0 amide bonds. The van der Waals surface area contributed by atoms with Crippen LogP contribution < -0.4 is 0 Å². The molecule has 0 heterocycles. The van der Waals surface area contributed by atoms with E-state index in [2.05, 4.69) is 12.1 Å². The van der Waals surface area contributed by atoms with Gasteiger partial charge in [0.25, 0.3) is 0 Å². The number of nitriles is 2. The van der Waals surface area contributed by atoms with Gasteiger partial charge in [-0.1, -0.05) is 6.08 Å². The monoisotopic (exact) mass is 186 g/mol. The van der Waals surface area contributed by atoms with Crippen LogP contribution in [0.5, 0.6) is 0 Å². The Morgan fingerprint density at radius 2 is 2.36 bits per heavy atom. The minimum absolute atomic E-state index is 0.0115. The predicted molar refractivity (Wildman–Crippen MR) is 49.5 cm³/mol. The van der Waals surface area contributed by atoms with Crippen LogP contribution in [0.4, 0.5) is 0 Å². The third-order valence-electron chi connectivity index (χ3n) is 3.08. The van der Waals surface area contributed by atoms with Crippen LogP contribution in [0.2, 0.25) is 0 Å². The fraction of sp³-hybridized carbons (Fsp3) is 0.455. The van der Waals surface area contributed by atoms with E-state index in [1.54, 1.807) is 7.11 Å². The van der Waals surface area contributed by atoms with E-state index >= 15 is 0 Å². The van der Waals surface area contributed by atoms with E-state index in [1.807, 2.05) is 18.2 Å². The van der Waals surface area contributed by atoms with Crippen molar-refractivity contribution in [2.24, 2.45) is 17.3 Å². The Labute approximate surface area is 82.9 Å². The first-order valence-corrected chi connectivity index (χ1v) is 4.51. The van der Waals surface area contributed by atoms with Gasteiger partial charge in [-0.2, -0.15) is 10.5 Å². The SMILES string of the molecule is COC1=CC2C(C#N)CC2(C#N)C=C1. The molecule has 0 aromatic carbocycles. The van der Waals surface area contributed by atoms with Crippen molar-refractivity contribution >= 4 is 0 Å². The minimum atomic E-state index is -0.442. The molecule has 70 valence electrons. The van der Waals surface area contributed by atoms with E-state index in [9.17, 15) is 0 Å². The van der Waals surface area contributed by atoms with Crippen LogP contribution in [-0.4, -0.2) is 7.11 Å². The molecule has 3 unspecified atom stereocenters. The van der Waals surface area contributed by atoms with Gasteiger partial charge in [0.15, 0.2) is 0 Å². The summed E-state index contributed by atoms with van der Waals surface area (Å²) in [5, 5.41) is 17.9. The molecule has 2 aliphatic carbocycles. The minimum Gasteiger partial charge on any atom is -0.497 e. The highest BCUT2D eigenvalue weighted by molar-refractivity contribution is 5.37. The Morgan fingerprint density at radius 3 is 2.93 bits per heavy atom. The number of hydrogen-bond donors (Lipinski definition) is 0. The highest BCUT2D eigenvalue weighted by Gasteiger charge is 2.53. The predicted octanol–water partition coefficient (Wildman–Crippen LogP) is 1.76. The molecule has 0 bridgehead atoms. The Hall–Kier alpha value is -1.74. The quantitative estimate of drug-likeness (QED) is 0.626. The molecule has 2 aliphatic rings. The van der Waals surface area contributed by atoms with E-state index in [0.29, 0.717) is 6.42 Å². The molecule has 0 saturated heterocycles. The van der Waals surface area contributed by atoms with Gasteiger partial charge in [-0.15, -0.1) is 0 Å². The lowest BCUT2D eigenvalue weighted by Crippen LogP contribution is -2.45. The van der Waals surface area contributed by atoms with Gasteiger partial charge in [0.1, 0.15) is 5.76 Å². The Bertz CT molecular complexity index is 396. The zero-order valence-corrected chi connectivity index (χ0v) is 7.90. The average Bonchev–Trinajstić information content (AvgIpc) is 2.21. The smallest absolute Gasteiger partial charge is 0.115 e. The molecule has 0 N–H and O–H groups in total. The van der Waals surface area contributed by atoms with Crippen LogP contribution >= 0.6 is 0 Å². The number of hydrogen-bond acceptors (Lipinski definition) is 3. The summed E-state index contributed by atoms with van der Waals surface area (Å²) in [6.45, 7) is 0. The first-order chi connectivity index (χ1) is 6.75. The standard InChI is InChI=1S/C11H10N2O/c1-14-9-2-3-11(7-13)5-8(6-12)10(11)4-9/h2-4,8,10H,5H2,1H3. The summed E-state index contributed by atoms with van der Waals surface area (Å²) in [5.41, 5.74) is -0.442. The summed E-state index contributed by atoms with van der Waals surface area (Å²) >= 11 is 0. The second-order valence-electron chi connectivity index (χ2n) is 3.72. The van der Waals surface area contributed by atoms with Crippen molar-refractivity contribution in [3.63, 3.8) is 0 Å². The molecule has 0 aromatic rings. The van der Waals surface area contributed by atoms with E-state index in [4.69, 9.17) is 15.3 Å². The summed E-state index contributed by atoms with van der Waals surface area (Å²) in [6, 6.07) is 4.51. The van der Waals surface area contributed by atoms with E-state index in [0.717, 1.165) is 5.76 Å². The summed E-state index contributed by atoms with van der Waals surface area (Å²) in [5.74, 6) is 0.725. The van der Waals surface area contributed by atoms with Gasteiger partial charge in [-0.05, 0) is 18.6 Å². The maximum atomic E-state index is 9.06. The second kappa shape index (κ2) is 2.89. The summed E-state index contributed by atoms with van der Waals surface area (Å²) in [4.78, 5) is 0. The van der Waals surface area contributed by atoms with Crippen LogP contribution in [-0.2, 0) is 4.74 Å². The molecule has 3 heteroatoms. The molecule has 0 spiro atoms. The Morgan fingerprint density at radius 1 is 1.57 bits per heavy atom. The topological polar surface area (TPSA) is 56.8 Å². The largest absolute Gasteiger partial charge is 0.497 e. The lowest BCUT2D eigenvalue weighted by Gasteiger charge is -2.46. The molecule has 14 heavy (non-hydrogen) atoms. The number of nitrogens with zero attached hydrogens (tertiary/aromatic N) is 2. The zero-order valence-electron chi connectivity index (χ0n) is 7.90. The molecule has 1 fully saturated rings. The molecule has 3 nitrogen and oxygen atoms in total. The number of fused-ring (bicyclic) bond motifs is 1. The summed E-state index contributed by atoms with van der Waals surface area (Å²) < 4.78 is 5.08. The highest BCUT2D eigenvalue weighted by atomic mass is 16.5. The van der Waals surface area contributed by atoms with Crippen LogP contribution in [0.3, 0.4) is 0 Å². The molecule has 2 rings (SSSR count). The molecular formula is C11H10N2O. The van der Waals surface area contributed by atoms with Crippen molar-refractivity contribution in [2.45, 2.75) is 6.42 Å². The van der Waals surface area contributed by atoms with Gasteiger partial charge in [-0.25, -0.2) is 0 Å². The Balaban J connectivity index is 2.30. The fourth-order valence-electron chi connectivity index (χ4n) is 2.15. The van der Waals surface area contributed by atoms with Crippen molar-refractivity contribution < 1.29 is 4.74 Å². The first kappa shape index (κ1) is 8.84. The molecule has 0 radical (unpaired) electrons. The molecule has 0 aliphatic heterocycles. The highest BCUT2D eigenvalue weighted by Crippen LogP contribution is 2.54.